The van der Waals surface area contributed by atoms with Crippen molar-refractivity contribution in [3.8, 4) is 11.4 Å². The fourth-order valence-corrected chi connectivity index (χ4v) is 3.16. The molecule has 1 unspecified atom stereocenters. The van der Waals surface area contributed by atoms with Crippen molar-refractivity contribution < 1.29 is 0 Å². The summed E-state index contributed by atoms with van der Waals surface area (Å²) in [5, 5.41) is 3.38. The van der Waals surface area contributed by atoms with Gasteiger partial charge in [-0.25, -0.2) is 9.97 Å². The third-order valence-electron chi connectivity index (χ3n) is 4.17. The summed E-state index contributed by atoms with van der Waals surface area (Å²) in [5.41, 5.74) is 3.18. The first kappa shape index (κ1) is 17.4. The smallest absolute Gasteiger partial charge is 0.254 e. The number of rotatable bonds is 4. The van der Waals surface area contributed by atoms with Crippen LogP contribution in [0.3, 0.4) is 0 Å². The first-order valence-electron chi connectivity index (χ1n) is 8.00. The van der Waals surface area contributed by atoms with E-state index >= 15 is 0 Å². The Hall–Kier alpha value is -2.47. The molecule has 25 heavy (non-hydrogen) atoms. The molecule has 0 fully saturated rings. The molecule has 0 bridgehead atoms. The Bertz CT molecular complexity index is 950. The van der Waals surface area contributed by atoms with Gasteiger partial charge in [0.2, 0.25) is 0 Å². The van der Waals surface area contributed by atoms with Crippen LogP contribution in [0.25, 0.3) is 11.4 Å². The van der Waals surface area contributed by atoms with Gasteiger partial charge in [0.1, 0.15) is 11.6 Å². The number of aromatic amines is 1. The van der Waals surface area contributed by atoms with Gasteiger partial charge in [-0.3, -0.25) is 4.79 Å². The summed E-state index contributed by atoms with van der Waals surface area (Å²) in [6.07, 6.45) is 1.71. The molecule has 2 heterocycles. The number of anilines is 1. The number of nitrogens with one attached hydrogen (secondary N) is 2. The molecule has 0 aliphatic carbocycles. The lowest BCUT2D eigenvalue weighted by molar-refractivity contribution is 0.869. The molecule has 5 nitrogen and oxygen atoms in total. The van der Waals surface area contributed by atoms with E-state index in [2.05, 4.69) is 49.2 Å². The Balaban J connectivity index is 1.81. The molecule has 1 atom stereocenters. The second-order valence-electron chi connectivity index (χ2n) is 5.94. The summed E-state index contributed by atoms with van der Waals surface area (Å²) >= 11 is 3.57. The van der Waals surface area contributed by atoms with Crippen molar-refractivity contribution in [1.82, 2.24) is 15.0 Å². The fourth-order valence-electron chi connectivity index (χ4n) is 2.53. The van der Waals surface area contributed by atoms with E-state index in [4.69, 9.17) is 0 Å². The Kier molecular flexibility index (Phi) is 4.99. The number of H-pyrrole nitrogens is 1. The lowest BCUT2D eigenvalue weighted by Crippen LogP contribution is -2.14. The molecule has 3 rings (SSSR count). The highest BCUT2D eigenvalue weighted by atomic mass is 79.9. The number of benzene rings is 1. The number of aryl methyl sites for hydroxylation is 1. The minimum Gasteiger partial charge on any atom is -0.364 e. The summed E-state index contributed by atoms with van der Waals surface area (Å²) < 4.78 is 1.06. The molecule has 3 aromatic rings. The van der Waals surface area contributed by atoms with Crippen molar-refractivity contribution >= 4 is 21.7 Å². The van der Waals surface area contributed by atoms with Crippen molar-refractivity contribution in [2.45, 2.75) is 26.8 Å². The summed E-state index contributed by atoms with van der Waals surface area (Å²) in [5.74, 6) is 1.30. The van der Waals surface area contributed by atoms with Gasteiger partial charge in [-0.1, -0.05) is 34.1 Å². The largest absolute Gasteiger partial charge is 0.364 e. The molecule has 1 aromatic carbocycles. The van der Waals surface area contributed by atoms with E-state index in [1.807, 2.05) is 37.3 Å². The van der Waals surface area contributed by atoms with Crippen LogP contribution in [-0.2, 0) is 0 Å². The van der Waals surface area contributed by atoms with E-state index in [0.29, 0.717) is 11.4 Å². The average Bonchev–Trinajstić information content (AvgIpc) is 2.60. The van der Waals surface area contributed by atoms with Gasteiger partial charge in [0, 0.05) is 27.5 Å². The van der Waals surface area contributed by atoms with E-state index in [-0.39, 0.29) is 11.6 Å². The van der Waals surface area contributed by atoms with Crippen molar-refractivity contribution in [2.75, 3.05) is 5.32 Å². The van der Waals surface area contributed by atoms with Gasteiger partial charge < -0.3 is 10.3 Å². The molecular weight excluding hydrogens is 380 g/mol. The molecule has 6 heteroatoms. The summed E-state index contributed by atoms with van der Waals surface area (Å²) in [4.78, 5) is 23.6. The lowest BCUT2D eigenvalue weighted by Gasteiger charge is -2.16. The number of hydrogen-bond acceptors (Lipinski definition) is 4. The van der Waals surface area contributed by atoms with Crippen molar-refractivity contribution in [3.05, 3.63) is 74.2 Å². The molecule has 0 saturated carbocycles. The molecule has 0 amide bonds. The van der Waals surface area contributed by atoms with E-state index in [9.17, 15) is 4.79 Å². The van der Waals surface area contributed by atoms with Gasteiger partial charge >= 0.3 is 0 Å². The average molecular weight is 399 g/mol. The summed E-state index contributed by atoms with van der Waals surface area (Å²) in [7, 11) is 0. The molecule has 128 valence electrons. The van der Waals surface area contributed by atoms with Crippen LogP contribution in [0, 0.1) is 13.8 Å². The molecule has 0 aliphatic rings. The molecule has 0 aliphatic heterocycles. The van der Waals surface area contributed by atoms with Crippen molar-refractivity contribution in [1.29, 1.82) is 0 Å². The van der Waals surface area contributed by atoms with E-state index in [1.54, 1.807) is 13.1 Å². The highest BCUT2D eigenvalue weighted by Crippen LogP contribution is 2.26. The number of hydrogen-bond donors (Lipinski definition) is 2. The van der Waals surface area contributed by atoms with Crippen molar-refractivity contribution in [3.63, 3.8) is 0 Å². The minimum atomic E-state index is -0.118. The number of pyridine rings is 1. The minimum absolute atomic E-state index is 0.105. The highest BCUT2D eigenvalue weighted by molar-refractivity contribution is 9.10. The quantitative estimate of drug-likeness (QED) is 0.683. The summed E-state index contributed by atoms with van der Waals surface area (Å²) in [6, 6.07) is 12.0. The molecule has 0 radical (unpaired) electrons. The molecule has 0 spiro atoms. The maximum Gasteiger partial charge on any atom is 0.254 e. The Morgan fingerprint density at radius 2 is 1.92 bits per heavy atom. The third-order valence-corrected chi connectivity index (χ3v) is 4.89. The zero-order chi connectivity index (χ0) is 18.0. The van der Waals surface area contributed by atoms with Crippen LogP contribution in [0.5, 0.6) is 0 Å². The Morgan fingerprint density at radius 1 is 1.16 bits per heavy atom. The van der Waals surface area contributed by atoms with E-state index in [1.165, 1.54) is 0 Å². The van der Waals surface area contributed by atoms with E-state index in [0.717, 1.165) is 27.1 Å². The zero-order valence-electron chi connectivity index (χ0n) is 14.3. The number of nitrogens with zero attached hydrogens (tertiary/aromatic N) is 2. The first-order valence-corrected chi connectivity index (χ1v) is 8.80. The Labute approximate surface area is 154 Å². The number of halogens is 1. The van der Waals surface area contributed by atoms with Crippen LogP contribution in [0.4, 0.5) is 5.82 Å². The van der Waals surface area contributed by atoms with Crippen LogP contribution < -0.4 is 10.9 Å². The van der Waals surface area contributed by atoms with Gasteiger partial charge in [0.05, 0.1) is 6.04 Å². The monoisotopic (exact) mass is 398 g/mol. The van der Waals surface area contributed by atoms with Gasteiger partial charge in [-0.05, 0) is 44.5 Å². The lowest BCUT2D eigenvalue weighted by atomic mass is 10.1. The van der Waals surface area contributed by atoms with Crippen LogP contribution in [0.2, 0.25) is 0 Å². The zero-order valence-corrected chi connectivity index (χ0v) is 15.9. The molecule has 2 N–H and O–H groups in total. The fraction of sp³-hybridized carbons (Fsp3) is 0.211. The third kappa shape index (κ3) is 3.79. The van der Waals surface area contributed by atoms with Crippen LogP contribution in [0.15, 0.2) is 51.9 Å². The maximum atomic E-state index is 11.9. The van der Waals surface area contributed by atoms with Crippen LogP contribution in [-0.4, -0.2) is 15.0 Å². The normalized spacial score (nSPS) is 12.0. The van der Waals surface area contributed by atoms with Gasteiger partial charge in [-0.2, -0.15) is 0 Å². The first-order chi connectivity index (χ1) is 12.0. The predicted molar refractivity (Wildman–Crippen MR) is 104 cm³/mol. The number of aromatic nitrogens is 3. The van der Waals surface area contributed by atoms with Gasteiger partial charge in [-0.15, -0.1) is 0 Å². The molecule has 2 aromatic heterocycles. The van der Waals surface area contributed by atoms with Crippen LogP contribution in [0.1, 0.15) is 29.8 Å². The van der Waals surface area contributed by atoms with Crippen molar-refractivity contribution in [2.24, 2.45) is 0 Å². The standard InChI is InChI=1S/C19H19BrN4O/c1-11-12(2)23-18(24-19(11)25)14-8-9-17(21-10-14)22-13(3)15-6-4-5-7-16(15)20/h4-10,13H,1-3H3,(H,21,22)(H,23,24,25). The molecular formula is C19H19BrN4O. The Morgan fingerprint density at radius 3 is 2.56 bits per heavy atom. The molecule has 0 saturated heterocycles. The van der Waals surface area contributed by atoms with Gasteiger partial charge in [0.15, 0.2) is 0 Å². The predicted octanol–water partition coefficient (Wildman–Crippen LogP) is 4.38. The second-order valence-corrected chi connectivity index (χ2v) is 6.80. The topological polar surface area (TPSA) is 70.7 Å². The van der Waals surface area contributed by atoms with Gasteiger partial charge in [0.25, 0.3) is 5.56 Å². The highest BCUT2D eigenvalue weighted by Gasteiger charge is 2.10. The summed E-state index contributed by atoms with van der Waals surface area (Å²) in [6.45, 7) is 5.67. The van der Waals surface area contributed by atoms with Crippen LogP contribution >= 0.6 is 15.9 Å². The van der Waals surface area contributed by atoms with E-state index < -0.39 is 0 Å². The SMILES string of the molecule is Cc1nc(-c2ccc(NC(C)c3ccccc3Br)nc2)[nH]c(=O)c1C. The second kappa shape index (κ2) is 7.19. The maximum absolute atomic E-state index is 11.9.